The fraction of sp³-hybridized carbons (Fsp3) is 0.250. The van der Waals surface area contributed by atoms with Crippen molar-refractivity contribution in [1.29, 1.82) is 0 Å². The highest BCUT2D eigenvalue weighted by Crippen LogP contribution is 2.38. The van der Waals surface area contributed by atoms with Gasteiger partial charge in [-0.25, -0.2) is 0 Å². The maximum Gasteiger partial charge on any atom is 0.242 e. The molecule has 0 bridgehead atoms. The van der Waals surface area contributed by atoms with Crippen LogP contribution in [-0.4, -0.2) is 22.6 Å². The van der Waals surface area contributed by atoms with E-state index in [0.717, 1.165) is 39.3 Å². The lowest BCUT2D eigenvalue weighted by atomic mass is 10.1. The van der Waals surface area contributed by atoms with Gasteiger partial charge in [0.2, 0.25) is 11.0 Å². The van der Waals surface area contributed by atoms with E-state index in [9.17, 15) is 4.79 Å². The number of aryl methyl sites for hydroxylation is 1. The Morgan fingerprint density at radius 3 is 2.56 bits per heavy atom. The SMILES string of the molecule is CCCNc1nnc(S[C@@H](C(=O)Nc2ccc(C)cc2)c2ccccc2)s1. The van der Waals surface area contributed by atoms with Crippen LogP contribution in [0, 0.1) is 6.92 Å². The smallest absolute Gasteiger partial charge is 0.242 e. The van der Waals surface area contributed by atoms with Gasteiger partial charge in [-0.15, -0.1) is 10.2 Å². The van der Waals surface area contributed by atoms with Gasteiger partial charge in [-0.2, -0.15) is 0 Å². The molecule has 5 nitrogen and oxygen atoms in total. The van der Waals surface area contributed by atoms with Crippen LogP contribution in [0.15, 0.2) is 58.9 Å². The van der Waals surface area contributed by atoms with Crippen molar-refractivity contribution in [3.63, 3.8) is 0 Å². The van der Waals surface area contributed by atoms with E-state index < -0.39 is 5.25 Å². The molecule has 0 aliphatic carbocycles. The molecule has 1 aromatic heterocycles. The average Bonchev–Trinajstić information content (AvgIpc) is 3.14. The Labute approximate surface area is 167 Å². The molecule has 2 N–H and O–H groups in total. The summed E-state index contributed by atoms with van der Waals surface area (Å²) >= 11 is 2.89. The van der Waals surface area contributed by atoms with Crippen molar-refractivity contribution in [3.8, 4) is 0 Å². The topological polar surface area (TPSA) is 66.9 Å². The highest BCUT2D eigenvalue weighted by Gasteiger charge is 2.24. The van der Waals surface area contributed by atoms with Crippen molar-refractivity contribution in [2.75, 3.05) is 17.2 Å². The molecule has 2 aromatic carbocycles. The van der Waals surface area contributed by atoms with E-state index in [-0.39, 0.29) is 5.91 Å². The van der Waals surface area contributed by atoms with Crippen LogP contribution in [0.25, 0.3) is 0 Å². The Bertz CT molecular complexity index is 865. The average molecular weight is 399 g/mol. The summed E-state index contributed by atoms with van der Waals surface area (Å²) in [6, 6.07) is 17.5. The van der Waals surface area contributed by atoms with Gasteiger partial charge in [-0.1, -0.05) is 78.1 Å². The summed E-state index contributed by atoms with van der Waals surface area (Å²) in [6.45, 7) is 4.98. The molecule has 1 amide bonds. The number of nitrogens with zero attached hydrogens (tertiary/aromatic N) is 2. The Balaban J connectivity index is 1.77. The van der Waals surface area contributed by atoms with E-state index in [1.165, 1.54) is 23.1 Å². The zero-order valence-corrected chi connectivity index (χ0v) is 16.9. The third-order valence-corrected chi connectivity index (χ3v) is 6.03. The lowest BCUT2D eigenvalue weighted by Crippen LogP contribution is -2.19. The Hall–Kier alpha value is -2.38. The van der Waals surface area contributed by atoms with Crippen LogP contribution in [0.4, 0.5) is 10.8 Å². The normalized spacial score (nSPS) is 11.8. The first kappa shape index (κ1) is 19.4. The first-order valence-electron chi connectivity index (χ1n) is 8.82. The van der Waals surface area contributed by atoms with Crippen LogP contribution >= 0.6 is 23.1 Å². The number of hydrogen-bond acceptors (Lipinski definition) is 6. The maximum absolute atomic E-state index is 13.0. The molecule has 3 rings (SSSR count). The minimum atomic E-state index is -0.403. The third kappa shape index (κ3) is 5.55. The number of anilines is 2. The first-order chi connectivity index (χ1) is 13.2. The van der Waals surface area contributed by atoms with E-state index in [4.69, 9.17) is 0 Å². The van der Waals surface area contributed by atoms with Crippen molar-refractivity contribution in [1.82, 2.24) is 10.2 Å². The monoisotopic (exact) mass is 398 g/mol. The molecule has 7 heteroatoms. The Kier molecular flexibility index (Phi) is 6.84. The highest BCUT2D eigenvalue weighted by molar-refractivity contribution is 8.02. The molecule has 0 aliphatic rings. The molecule has 0 radical (unpaired) electrons. The van der Waals surface area contributed by atoms with Gasteiger partial charge in [-0.3, -0.25) is 4.79 Å². The van der Waals surface area contributed by atoms with E-state index in [1.807, 2.05) is 61.5 Å². The second-order valence-electron chi connectivity index (χ2n) is 6.06. The summed E-state index contributed by atoms with van der Waals surface area (Å²) in [5.41, 5.74) is 2.88. The summed E-state index contributed by atoms with van der Waals surface area (Å²) in [7, 11) is 0. The molecule has 27 heavy (non-hydrogen) atoms. The van der Waals surface area contributed by atoms with Crippen molar-refractivity contribution in [2.45, 2.75) is 29.9 Å². The number of benzene rings is 2. The molecule has 0 saturated carbocycles. The Morgan fingerprint density at radius 2 is 1.85 bits per heavy atom. The summed E-state index contributed by atoms with van der Waals surface area (Å²) < 4.78 is 0.765. The summed E-state index contributed by atoms with van der Waals surface area (Å²) in [4.78, 5) is 13.0. The molecule has 0 aliphatic heterocycles. The van der Waals surface area contributed by atoms with Gasteiger partial charge in [0.05, 0.1) is 0 Å². The summed E-state index contributed by atoms with van der Waals surface area (Å²) in [6.07, 6.45) is 1.02. The quantitative estimate of drug-likeness (QED) is 0.514. The van der Waals surface area contributed by atoms with Gasteiger partial charge in [0.15, 0.2) is 4.34 Å². The van der Waals surface area contributed by atoms with E-state index in [2.05, 4.69) is 27.8 Å². The number of hydrogen-bond donors (Lipinski definition) is 2. The Morgan fingerprint density at radius 1 is 1.11 bits per heavy atom. The molecular formula is C20H22N4OS2. The summed E-state index contributed by atoms with van der Waals surface area (Å²) in [5, 5.41) is 15.0. The van der Waals surface area contributed by atoms with Crippen molar-refractivity contribution >= 4 is 39.8 Å². The van der Waals surface area contributed by atoms with Gasteiger partial charge >= 0.3 is 0 Å². The molecule has 0 unspecified atom stereocenters. The number of aromatic nitrogens is 2. The second kappa shape index (κ2) is 9.53. The minimum Gasteiger partial charge on any atom is -0.360 e. The molecule has 1 atom stereocenters. The molecule has 3 aromatic rings. The van der Waals surface area contributed by atoms with Crippen molar-refractivity contribution in [3.05, 3.63) is 65.7 Å². The fourth-order valence-corrected chi connectivity index (χ4v) is 4.38. The molecule has 0 spiro atoms. The number of amides is 1. The number of carbonyl (C=O) groups is 1. The second-order valence-corrected chi connectivity index (χ2v) is 8.39. The fourth-order valence-electron chi connectivity index (χ4n) is 2.41. The number of nitrogens with one attached hydrogen (secondary N) is 2. The van der Waals surface area contributed by atoms with E-state index in [1.54, 1.807) is 0 Å². The van der Waals surface area contributed by atoms with Crippen LogP contribution in [0.5, 0.6) is 0 Å². The van der Waals surface area contributed by atoms with Crippen LogP contribution in [0.1, 0.15) is 29.7 Å². The molecule has 0 fully saturated rings. The van der Waals surface area contributed by atoms with Crippen molar-refractivity contribution < 1.29 is 4.79 Å². The standard InChI is InChI=1S/C20H22N4OS2/c1-3-13-21-19-23-24-20(27-19)26-17(15-7-5-4-6-8-15)18(25)22-16-11-9-14(2)10-12-16/h4-12,17H,3,13H2,1-2H3,(H,21,23)(H,22,25)/t17-/m1/s1. The van der Waals surface area contributed by atoms with Gasteiger partial charge in [0, 0.05) is 12.2 Å². The lowest BCUT2D eigenvalue weighted by molar-refractivity contribution is -0.115. The molecule has 0 saturated heterocycles. The van der Waals surface area contributed by atoms with Gasteiger partial charge < -0.3 is 10.6 Å². The van der Waals surface area contributed by atoms with E-state index >= 15 is 0 Å². The third-order valence-electron chi connectivity index (χ3n) is 3.81. The van der Waals surface area contributed by atoms with Gasteiger partial charge in [0.25, 0.3) is 0 Å². The highest BCUT2D eigenvalue weighted by atomic mass is 32.2. The van der Waals surface area contributed by atoms with Crippen LogP contribution in [0.3, 0.4) is 0 Å². The van der Waals surface area contributed by atoms with Crippen molar-refractivity contribution in [2.24, 2.45) is 0 Å². The van der Waals surface area contributed by atoms with Crippen LogP contribution in [-0.2, 0) is 4.79 Å². The van der Waals surface area contributed by atoms with E-state index in [0.29, 0.717) is 0 Å². The zero-order valence-electron chi connectivity index (χ0n) is 15.3. The first-order valence-corrected chi connectivity index (χ1v) is 10.5. The molecule has 140 valence electrons. The summed E-state index contributed by atoms with van der Waals surface area (Å²) in [5.74, 6) is -0.0756. The van der Waals surface area contributed by atoms with Crippen LogP contribution < -0.4 is 10.6 Å². The van der Waals surface area contributed by atoms with Crippen LogP contribution in [0.2, 0.25) is 0 Å². The molecule has 1 heterocycles. The number of carbonyl (C=O) groups excluding carboxylic acids is 1. The maximum atomic E-state index is 13.0. The number of rotatable bonds is 8. The van der Waals surface area contributed by atoms with Gasteiger partial charge in [-0.05, 0) is 31.0 Å². The number of thioether (sulfide) groups is 1. The largest absolute Gasteiger partial charge is 0.360 e. The lowest BCUT2D eigenvalue weighted by Gasteiger charge is -2.15. The zero-order chi connectivity index (χ0) is 19.1. The predicted molar refractivity (Wildman–Crippen MR) is 114 cm³/mol. The predicted octanol–water partition coefficient (Wildman–Crippen LogP) is 5.14. The minimum absolute atomic E-state index is 0.0756. The molecular weight excluding hydrogens is 376 g/mol. The van der Waals surface area contributed by atoms with Gasteiger partial charge in [0.1, 0.15) is 5.25 Å².